The van der Waals surface area contributed by atoms with Crippen molar-refractivity contribution in [3.8, 4) is 5.69 Å². The first-order chi connectivity index (χ1) is 12.5. The van der Waals surface area contributed by atoms with Crippen molar-refractivity contribution in [1.82, 2.24) is 30.0 Å². The molecule has 0 radical (unpaired) electrons. The Morgan fingerprint density at radius 1 is 1.35 bits per heavy atom. The second-order valence-corrected chi connectivity index (χ2v) is 6.37. The number of nitrogens with zero attached hydrogens (tertiary/aromatic N) is 6. The Labute approximate surface area is 155 Å². The van der Waals surface area contributed by atoms with Gasteiger partial charge in [-0.15, -0.1) is 15.0 Å². The largest absolute Gasteiger partial charge is 0.450 e. The van der Waals surface area contributed by atoms with Gasteiger partial charge in [-0.2, -0.15) is 0 Å². The van der Waals surface area contributed by atoms with Gasteiger partial charge in [0.25, 0.3) is 0 Å². The number of hydrogen-bond acceptors (Lipinski definition) is 6. The van der Waals surface area contributed by atoms with Crippen LogP contribution in [0.5, 0.6) is 0 Å². The van der Waals surface area contributed by atoms with Crippen molar-refractivity contribution >= 4 is 17.7 Å². The highest BCUT2D eigenvalue weighted by molar-refractivity contribution is 6.30. The van der Waals surface area contributed by atoms with Gasteiger partial charge in [0.05, 0.1) is 12.6 Å². The molecule has 0 bridgehead atoms. The van der Waals surface area contributed by atoms with Crippen LogP contribution in [-0.4, -0.2) is 68.9 Å². The summed E-state index contributed by atoms with van der Waals surface area (Å²) in [6.07, 6.45) is -0.291. The van der Waals surface area contributed by atoms with Crippen molar-refractivity contribution < 1.29 is 13.9 Å². The van der Waals surface area contributed by atoms with E-state index in [4.69, 9.17) is 16.3 Å². The van der Waals surface area contributed by atoms with Crippen LogP contribution in [0.2, 0.25) is 5.02 Å². The molecule has 0 aliphatic carbocycles. The van der Waals surface area contributed by atoms with Gasteiger partial charge in [-0.05, 0) is 37.3 Å². The van der Waals surface area contributed by atoms with Gasteiger partial charge in [-0.1, -0.05) is 11.6 Å². The fourth-order valence-corrected chi connectivity index (χ4v) is 2.97. The number of carbonyl (C=O) groups excluding carboxylic acids is 1. The van der Waals surface area contributed by atoms with Gasteiger partial charge in [0.2, 0.25) is 0 Å². The number of rotatable bonds is 4. The zero-order chi connectivity index (χ0) is 18.7. The summed E-state index contributed by atoms with van der Waals surface area (Å²) in [5, 5.41) is 12.7. The average Bonchev–Trinajstić information content (AvgIpc) is 3.13. The number of carbonyl (C=O) groups is 1. The lowest BCUT2D eigenvalue weighted by Crippen LogP contribution is -2.49. The molecule has 26 heavy (non-hydrogen) atoms. The van der Waals surface area contributed by atoms with Gasteiger partial charge in [-0.25, -0.2) is 9.18 Å². The molecule has 140 valence electrons. The fraction of sp³-hybridized carbons (Fsp3) is 0.500. The molecule has 0 saturated carbocycles. The third-order valence-electron chi connectivity index (χ3n) is 4.31. The smallest absolute Gasteiger partial charge is 0.409 e. The molecule has 1 aliphatic heterocycles. The number of benzene rings is 1. The Hall–Kier alpha value is -2.26. The third kappa shape index (κ3) is 3.94. The summed E-state index contributed by atoms with van der Waals surface area (Å²) >= 11 is 5.91. The SMILES string of the molecule is CCOC(=O)N1CCN([C@H](C)c2nnn(-c3cc(Cl)ccc3F)n2)CC1. The van der Waals surface area contributed by atoms with E-state index in [2.05, 4.69) is 20.3 Å². The first-order valence-corrected chi connectivity index (χ1v) is 8.78. The van der Waals surface area contributed by atoms with Crippen molar-refractivity contribution in [2.75, 3.05) is 32.8 Å². The van der Waals surface area contributed by atoms with Crippen molar-refractivity contribution in [1.29, 1.82) is 0 Å². The summed E-state index contributed by atoms with van der Waals surface area (Å²) < 4.78 is 19.0. The van der Waals surface area contributed by atoms with E-state index in [1.807, 2.05) is 6.92 Å². The lowest BCUT2D eigenvalue weighted by molar-refractivity contribution is 0.0673. The minimum absolute atomic E-state index is 0.115. The van der Waals surface area contributed by atoms with E-state index in [9.17, 15) is 9.18 Å². The highest BCUT2D eigenvalue weighted by atomic mass is 35.5. The van der Waals surface area contributed by atoms with Gasteiger partial charge in [0.15, 0.2) is 11.6 Å². The zero-order valence-electron chi connectivity index (χ0n) is 14.6. The quantitative estimate of drug-likeness (QED) is 0.807. The van der Waals surface area contributed by atoms with Crippen LogP contribution in [0.3, 0.4) is 0 Å². The molecule has 10 heteroatoms. The van der Waals surface area contributed by atoms with Crippen molar-refractivity contribution in [2.24, 2.45) is 0 Å². The monoisotopic (exact) mass is 382 g/mol. The molecular formula is C16H20ClFN6O2. The van der Waals surface area contributed by atoms with E-state index < -0.39 is 5.82 Å². The maximum absolute atomic E-state index is 14.0. The number of piperazine rings is 1. The van der Waals surface area contributed by atoms with Crippen LogP contribution in [0.25, 0.3) is 5.69 Å². The van der Waals surface area contributed by atoms with Crippen LogP contribution in [0, 0.1) is 5.82 Å². The van der Waals surface area contributed by atoms with E-state index in [1.54, 1.807) is 11.8 Å². The predicted molar refractivity (Wildman–Crippen MR) is 92.7 cm³/mol. The molecule has 1 saturated heterocycles. The van der Waals surface area contributed by atoms with Crippen LogP contribution < -0.4 is 0 Å². The molecule has 1 aromatic carbocycles. The molecule has 2 heterocycles. The molecule has 0 unspecified atom stereocenters. The number of hydrogen-bond donors (Lipinski definition) is 0. The zero-order valence-corrected chi connectivity index (χ0v) is 15.4. The summed E-state index contributed by atoms with van der Waals surface area (Å²) in [6, 6.07) is 4.06. The number of aromatic nitrogens is 4. The lowest BCUT2D eigenvalue weighted by atomic mass is 10.2. The lowest BCUT2D eigenvalue weighted by Gasteiger charge is -2.36. The van der Waals surface area contributed by atoms with Gasteiger partial charge < -0.3 is 9.64 Å². The Kier molecular flexibility index (Phi) is 5.67. The minimum atomic E-state index is -0.478. The molecular weight excluding hydrogens is 363 g/mol. The van der Waals surface area contributed by atoms with Crippen molar-refractivity contribution in [3.05, 3.63) is 34.9 Å². The van der Waals surface area contributed by atoms with E-state index >= 15 is 0 Å². The second-order valence-electron chi connectivity index (χ2n) is 5.93. The summed E-state index contributed by atoms with van der Waals surface area (Å²) in [7, 11) is 0. The first kappa shape index (κ1) is 18.5. The number of amides is 1. The molecule has 1 fully saturated rings. The summed E-state index contributed by atoms with van der Waals surface area (Å²) in [6.45, 7) is 6.58. The number of halogens is 2. The Bertz CT molecular complexity index is 778. The molecule has 0 N–H and O–H groups in total. The molecule has 1 amide bonds. The molecule has 3 rings (SSSR count). The molecule has 0 spiro atoms. The highest BCUT2D eigenvalue weighted by Gasteiger charge is 2.27. The summed E-state index contributed by atoms with van der Waals surface area (Å²) in [5.74, 6) is 0.00279. The van der Waals surface area contributed by atoms with Crippen LogP contribution in [-0.2, 0) is 4.74 Å². The molecule has 2 aromatic rings. The molecule has 1 aromatic heterocycles. The standard InChI is InChI=1S/C16H20ClFN6O2/c1-3-26-16(25)23-8-6-22(7-9-23)11(2)15-19-21-24(20-15)14-10-12(17)4-5-13(14)18/h4-5,10-11H,3,6-9H2,1-2H3/t11-/m1/s1. The second kappa shape index (κ2) is 7.96. The highest BCUT2D eigenvalue weighted by Crippen LogP contribution is 2.21. The Morgan fingerprint density at radius 3 is 2.77 bits per heavy atom. The van der Waals surface area contributed by atoms with Crippen LogP contribution in [0.15, 0.2) is 18.2 Å². The van der Waals surface area contributed by atoms with Gasteiger partial charge >= 0.3 is 6.09 Å². The van der Waals surface area contributed by atoms with Gasteiger partial charge in [0.1, 0.15) is 5.69 Å². The van der Waals surface area contributed by atoms with E-state index in [1.165, 1.54) is 18.2 Å². The number of ether oxygens (including phenoxy) is 1. The van der Waals surface area contributed by atoms with Gasteiger partial charge in [0, 0.05) is 31.2 Å². The summed E-state index contributed by atoms with van der Waals surface area (Å²) in [4.78, 5) is 16.7. The van der Waals surface area contributed by atoms with Crippen LogP contribution in [0.4, 0.5) is 9.18 Å². The topological polar surface area (TPSA) is 76.4 Å². The van der Waals surface area contributed by atoms with Crippen LogP contribution in [0.1, 0.15) is 25.7 Å². The molecule has 8 nitrogen and oxygen atoms in total. The Morgan fingerprint density at radius 2 is 2.08 bits per heavy atom. The summed E-state index contributed by atoms with van der Waals surface area (Å²) in [5.41, 5.74) is 0.149. The van der Waals surface area contributed by atoms with E-state index in [0.29, 0.717) is 43.6 Å². The maximum atomic E-state index is 14.0. The average molecular weight is 383 g/mol. The van der Waals surface area contributed by atoms with E-state index in [-0.39, 0.29) is 17.8 Å². The van der Waals surface area contributed by atoms with Gasteiger partial charge in [-0.3, -0.25) is 4.90 Å². The minimum Gasteiger partial charge on any atom is -0.450 e. The number of tetrazole rings is 1. The van der Waals surface area contributed by atoms with E-state index in [0.717, 1.165) is 4.80 Å². The predicted octanol–water partition coefficient (Wildman–Crippen LogP) is 2.29. The van der Waals surface area contributed by atoms with Crippen LogP contribution >= 0.6 is 11.6 Å². The van der Waals surface area contributed by atoms with Crippen molar-refractivity contribution in [2.45, 2.75) is 19.9 Å². The van der Waals surface area contributed by atoms with Crippen molar-refractivity contribution in [3.63, 3.8) is 0 Å². The first-order valence-electron chi connectivity index (χ1n) is 8.40. The fourth-order valence-electron chi connectivity index (χ4n) is 2.80. The maximum Gasteiger partial charge on any atom is 0.409 e. The molecule has 1 atom stereocenters. The molecule has 1 aliphatic rings. The normalized spacial score (nSPS) is 16.5. The Balaban J connectivity index is 1.66. The third-order valence-corrected chi connectivity index (χ3v) is 4.55.